The van der Waals surface area contributed by atoms with Crippen molar-refractivity contribution in [3.05, 3.63) is 18.2 Å². The number of nitrogens with one attached hydrogen (secondary N) is 1. The first-order chi connectivity index (χ1) is 13.4. The first-order valence-electron chi connectivity index (χ1n) is 9.68. The fourth-order valence-corrected chi connectivity index (χ4v) is 4.38. The first kappa shape index (κ1) is 18.9. The van der Waals surface area contributed by atoms with Crippen LogP contribution in [0, 0.1) is 17.3 Å². The molecule has 8 nitrogen and oxygen atoms in total. The van der Waals surface area contributed by atoms with E-state index in [1.165, 1.54) is 0 Å². The van der Waals surface area contributed by atoms with Crippen molar-refractivity contribution in [1.29, 1.82) is 0 Å². The molecule has 0 aliphatic carbocycles. The van der Waals surface area contributed by atoms with E-state index in [0.29, 0.717) is 56.0 Å². The van der Waals surface area contributed by atoms with Gasteiger partial charge < -0.3 is 29.3 Å². The maximum atomic E-state index is 13.2. The summed E-state index contributed by atoms with van der Waals surface area (Å²) in [5.41, 5.74) is -0.00423. The second kappa shape index (κ2) is 7.16. The topological polar surface area (TPSA) is 80.3 Å². The van der Waals surface area contributed by atoms with Crippen molar-refractivity contribution in [3.8, 4) is 11.5 Å². The molecule has 3 heterocycles. The van der Waals surface area contributed by atoms with Gasteiger partial charge in [0.15, 0.2) is 11.5 Å². The molecule has 0 aromatic heterocycles. The lowest BCUT2D eigenvalue weighted by Gasteiger charge is -2.31. The Morgan fingerprint density at radius 2 is 2.11 bits per heavy atom. The minimum atomic E-state index is -0.643. The van der Waals surface area contributed by atoms with Crippen LogP contribution >= 0.6 is 0 Å². The number of ether oxygens (including phenoxy) is 3. The van der Waals surface area contributed by atoms with Crippen LogP contribution < -0.4 is 14.8 Å². The number of urea groups is 1. The summed E-state index contributed by atoms with van der Waals surface area (Å²) in [4.78, 5) is 29.5. The van der Waals surface area contributed by atoms with Gasteiger partial charge in [0, 0.05) is 44.4 Å². The maximum Gasteiger partial charge on any atom is 0.321 e. The molecule has 4 rings (SSSR count). The highest BCUT2D eigenvalue weighted by atomic mass is 16.7. The van der Waals surface area contributed by atoms with Gasteiger partial charge in [0.05, 0.1) is 18.6 Å². The molecule has 1 aromatic carbocycles. The number of carbonyl (C=O) groups is 2. The van der Waals surface area contributed by atoms with E-state index in [-0.39, 0.29) is 24.6 Å². The van der Waals surface area contributed by atoms with Crippen molar-refractivity contribution in [1.82, 2.24) is 9.80 Å². The molecule has 1 aromatic rings. The van der Waals surface area contributed by atoms with Gasteiger partial charge in [-0.05, 0) is 18.1 Å². The van der Waals surface area contributed by atoms with Crippen molar-refractivity contribution >= 4 is 17.6 Å². The largest absolute Gasteiger partial charge is 0.454 e. The van der Waals surface area contributed by atoms with Crippen LogP contribution in [0.4, 0.5) is 10.5 Å². The zero-order valence-corrected chi connectivity index (χ0v) is 16.6. The number of fused-ring (bicyclic) bond motifs is 2. The van der Waals surface area contributed by atoms with E-state index in [9.17, 15) is 9.59 Å². The quantitative estimate of drug-likeness (QED) is 0.852. The van der Waals surface area contributed by atoms with Crippen molar-refractivity contribution in [2.45, 2.75) is 13.8 Å². The summed E-state index contributed by atoms with van der Waals surface area (Å²) in [6.45, 7) is 6.81. The monoisotopic (exact) mass is 389 g/mol. The van der Waals surface area contributed by atoms with Crippen LogP contribution in [-0.2, 0) is 9.53 Å². The summed E-state index contributed by atoms with van der Waals surface area (Å²) in [5.74, 6) is 1.77. The van der Waals surface area contributed by atoms with E-state index in [0.717, 1.165) is 0 Å². The molecule has 0 radical (unpaired) electrons. The van der Waals surface area contributed by atoms with Gasteiger partial charge in [-0.1, -0.05) is 13.8 Å². The molecule has 8 heteroatoms. The number of likely N-dealkylation sites (tertiary alicyclic amines) is 1. The second-order valence-corrected chi connectivity index (χ2v) is 8.33. The SMILES string of the molecule is CC(C)CN(C)C(=O)[C@]12COC[C@H]1CN(C(=O)Nc1ccc3c(c1)OCO3)C2. The minimum Gasteiger partial charge on any atom is -0.454 e. The molecular formula is C20H27N3O5. The van der Waals surface area contributed by atoms with Crippen molar-refractivity contribution in [3.63, 3.8) is 0 Å². The first-order valence-corrected chi connectivity index (χ1v) is 9.68. The van der Waals surface area contributed by atoms with Crippen LogP contribution in [0.3, 0.4) is 0 Å². The van der Waals surface area contributed by atoms with E-state index in [4.69, 9.17) is 14.2 Å². The minimum absolute atomic E-state index is 0.0251. The van der Waals surface area contributed by atoms with E-state index in [1.54, 1.807) is 28.0 Å². The lowest BCUT2D eigenvalue weighted by molar-refractivity contribution is -0.141. The Bertz CT molecular complexity index is 783. The van der Waals surface area contributed by atoms with Gasteiger partial charge in [-0.3, -0.25) is 4.79 Å². The Hall–Kier alpha value is -2.48. The zero-order valence-electron chi connectivity index (χ0n) is 16.6. The van der Waals surface area contributed by atoms with E-state index >= 15 is 0 Å². The lowest BCUT2D eigenvalue weighted by Crippen LogP contribution is -2.48. The fraction of sp³-hybridized carbons (Fsp3) is 0.600. The van der Waals surface area contributed by atoms with Gasteiger partial charge in [-0.15, -0.1) is 0 Å². The van der Waals surface area contributed by atoms with Crippen LogP contribution in [-0.4, -0.2) is 68.4 Å². The standard InChI is InChI=1S/C20H27N3O5/c1-13(2)7-22(3)18(24)20-10-23(8-14(20)9-26-11-20)19(25)21-15-4-5-16-17(6-15)28-12-27-16/h4-6,13-14H,7-12H2,1-3H3,(H,21,25)/t14-,20-/m1/s1. The van der Waals surface area contributed by atoms with Crippen LogP contribution in [0.1, 0.15) is 13.8 Å². The van der Waals surface area contributed by atoms with E-state index in [2.05, 4.69) is 19.2 Å². The van der Waals surface area contributed by atoms with Crippen LogP contribution in [0.2, 0.25) is 0 Å². The molecule has 2 fully saturated rings. The molecule has 152 valence electrons. The maximum absolute atomic E-state index is 13.2. The summed E-state index contributed by atoms with van der Waals surface area (Å²) >= 11 is 0. The molecule has 0 saturated carbocycles. The number of nitrogens with zero attached hydrogens (tertiary/aromatic N) is 2. The molecule has 3 aliphatic rings. The molecule has 3 amide bonds. The number of hydrogen-bond donors (Lipinski definition) is 1. The van der Waals surface area contributed by atoms with Gasteiger partial charge >= 0.3 is 6.03 Å². The summed E-state index contributed by atoms with van der Waals surface area (Å²) < 4.78 is 16.3. The summed E-state index contributed by atoms with van der Waals surface area (Å²) in [5, 5.41) is 2.91. The normalized spacial score (nSPS) is 25.1. The Morgan fingerprint density at radius 1 is 1.32 bits per heavy atom. The molecule has 28 heavy (non-hydrogen) atoms. The van der Waals surface area contributed by atoms with E-state index < -0.39 is 5.41 Å². The predicted octanol–water partition coefficient (Wildman–Crippen LogP) is 2.01. The number of rotatable bonds is 4. The number of hydrogen-bond acceptors (Lipinski definition) is 5. The average molecular weight is 389 g/mol. The van der Waals surface area contributed by atoms with E-state index in [1.807, 2.05) is 7.05 Å². The molecule has 3 aliphatic heterocycles. The van der Waals surface area contributed by atoms with Crippen molar-refractivity contribution in [2.24, 2.45) is 17.3 Å². The lowest BCUT2D eigenvalue weighted by atomic mass is 9.79. The van der Waals surface area contributed by atoms with Crippen molar-refractivity contribution in [2.75, 3.05) is 52.0 Å². The molecule has 2 saturated heterocycles. The Labute approximate surface area is 164 Å². The Morgan fingerprint density at radius 3 is 2.89 bits per heavy atom. The number of amides is 3. The molecule has 0 unspecified atom stereocenters. The number of carbonyl (C=O) groups excluding carboxylic acids is 2. The smallest absolute Gasteiger partial charge is 0.321 e. The Kier molecular flexibility index (Phi) is 4.82. The van der Waals surface area contributed by atoms with Gasteiger partial charge in [0.2, 0.25) is 12.7 Å². The van der Waals surface area contributed by atoms with Crippen LogP contribution in [0.15, 0.2) is 18.2 Å². The predicted molar refractivity (Wildman–Crippen MR) is 102 cm³/mol. The Balaban J connectivity index is 1.45. The fourth-order valence-electron chi connectivity index (χ4n) is 4.38. The second-order valence-electron chi connectivity index (χ2n) is 8.33. The summed E-state index contributed by atoms with van der Waals surface area (Å²) in [6, 6.07) is 5.09. The van der Waals surface area contributed by atoms with Gasteiger partial charge in [0.1, 0.15) is 0 Å². The molecule has 0 bridgehead atoms. The highest BCUT2D eigenvalue weighted by molar-refractivity contribution is 5.92. The summed E-state index contributed by atoms with van der Waals surface area (Å²) in [6.07, 6.45) is 0. The third-order valence-corrected chi connectivity index (χ3v) is 5.70. The van der Waals surface area contributed by atoms with Crippen LogP contribution in [0.5, 0.6) is 11.5 Å². The van der Waals surface area contributed by atoms with Gasteiger partial charge in [-0.2, -0.15) is 0 Å². The molecule has 0 spiro atoms. The third kappa shape index (κ3) is 3.26. The van der Waals surface area contributed by atoms with Gasteiger partial charge in [-0.25, -0.2) is 4.79 Å². The highest BCUT2D eigenvalue weighted by Crippen LogP contribution is 2.43. The third-order valence-electron chi connectivity index (χ3n) is 5.70. The van der Waals surface area contributed by atoms with Gasteiger partial charge in [0.25, 0.3) is 0 Å². The average Bonchev–Trinajstić information content (AvgIpc) is 3.33. The zero-order chi connectivity index (χ0) is 19.9. The van der Waals surface area contributed by atoms with Crippen LogP contribution in [0.25, 0.3) is 0 Å². The number of benzene rings is 1. The number of anilines is 1. The summed E-state index contributed by atoms with van der Waals surface area (Å²) in [7, 11) is 1.84. The molecule has 1 N–H and O–H groups in total. The molecular weight excluding hydrogens is 362 g/mol. The molecule has 2 atom stereocenters. The highest BCUT2D eigenvalue weighted by Gasteiger charge is 2.57. The van der Waals surface area contributed by atoms with Crippen molar-refractivity contribution < 1.29 is 23.8 Å².